The van der Waals surface area contributed by atoms with E-state index in [1.165, 1.54) is 11.0 Å². The van der Waals surface area contributed by atoms with Crippen molar-refractivity contribution in [2.45, 2.75) is 31.7 Å². The van der Waals surface area contributed by atoms with E-state index in [0.717, 1.165) is 0 Å². The number of nitrogens with zero attached hydrogens (tertiary/aromatic N) is 2. The van der Waals surface area contributed by atoms with Gasteiger partial charge in [-0.05, 0) is 26.0 Å². The predicted molar refractivity (Wildman–Crippen MR) is 81.4 cm³/mol. The van der Waals surface area contributed by atoms with Gasteiger partial charge >= 0.3 is 5.97 Å². The molecule has 0 bridgehead atoms. The first-order valence-corrected chi connectivity index (χ1v) is 7.15. The van der Waals surface area contributed by atoms with Gasteiger partial charge in [0.15, 0.2) is 0 Å². The molecule has 0 aromatic rings. The quantitative estimate of drug-likeness (QED) is 0.412. The first-order chi connectivity index (χ1) is 10.4. The van der Waals surface area contributed by atoms with Crippen LogP contribution in [0.15, 0.2) is 12.2 Å². The number of aliphatic carboxylic acids is 1. The van der Waals surface area contributed by atoms with E-state index in [2.05, 4.69) is 0 Å². The molecule has 0 saturated heterocycles. The largest absolute Gasteiger partial charge is 0.481 e. The monoisotopic (exact) mass is 312 g/mol. The second-order valence-corrected chi connectivity index (χ2v) is 5.01. The number of carbonyl (C=O) groups excluding carboxylic acids is 3. The van der Waals surface area contributed by atoms with Crippen LogP contribution >= 0.6 is 0 Å². The van der Waals surface area contributed by atoms with Crippen molar-refractivity contribution in [1.82, 2.24) is 9.80 Å². The van der Waals surface area contributed by atoms with Crippen molar-refractivity contribution in [2.75, 3.05) is 27.2 Å². The fourth-order valence-electron chi connectivity index (χ4n) is 1.98. The normalized spacial score (nSPS) is 12.3. The van der Waals surface area contributed by atoms with Gasteiger partial charge in [0.25, 0.3) is 0 Å². The molecule has 0 spiro atoms. The van der Waals surface area contributed by atoms with Crippen molar-refractivity contribution in [3.63, 3.8) is 0 Å². The molecule has 0 fully saturated rings. The Morgan fingerprint density at radius 2 is 1.86 bits per heavy atom. The van der Waals surface area contributed by atoms with Crippen molar-refractivity contribution < 1.29 is 24.3 Å². The van der Waals surface area contributed by atoms with Crippen LogP contribution in [0.25, 0.3) is 0 Å². The number of likely N-dealkylation sites (N-methyl/N-ethyl adjacent to an activating group) is 2. The second-order valence-electron chi connectivity index (χ2n) is 5.01. The Labute approximate surface area is 130 Å². The molecule has 0 aliphatic carbocycles. The summed E-state index contributed by atoms with van der Waals surface area (Å²) in [4.78, 5) is 47.0. The van der Waals surface area contributed by atoms with Crippen LogP contribution < -0.4 is 0 Å². The molecule has 1 atom stereocenters. The van der Waals surface area contributed by atoms with Crippen molar-refractivity contribution in [3.05, 3.63) is 12.2 Å². The number of amides is 1. The van der Waals surface area contributed by atoms with Gasteiger partial charge in [0, 0.05) is 33.0 Å². The van der Waals surface area contributed by atoms with Crippen LogP contribution in [-0.2, 0) is 19.2 Å². The van der Waals surface area contributed by atoms with E-state index in [1.807, 2.05) is 0 Å². The molecule has 7 heteroatoms. The summed E-state index contributed by atoms with van der Waals surface area (Å²) in [6.07, 6.45) is 5.52. The number of carboxylic acids is 1. The van der Waals surface area contributed by atoms with Gasteiger partial charge in [-0.2, -0.15) is 0 Å². The minimum absolute atomic E-state index is 0.00228. The van der Waals surface area contributed by atoms with Crippen molar-refractivity contribution in [2.24, 2.45) is 0 Å². The molecular weight excluding hydrogens is 288 g/mol. The Hall–Kier alpha value is -2.02. The smallest absolute Gasteiger partial charge is 0.303 e. The SMILES string of the molecule is CN(CCCC(=O)O)C(=O)C(CC=O)N(C)CC/C=C\C=O. The van der Waals surface area contributed by atoms with Crippen LogP contribution in [0.1, 0.15) is 25.7 Å². The molecule has 1 N–H and O–H groups in total. The van der Waals surface area contributed by atoms with Gasteiger partial charge in [-0.3, -0.25) is 19.3 Å². The lowest BCUT2D eigenvalue weighted by atomic mass is 10.1. The molecule has 0 rings (SSSR count). The van der Waals surface area contributed by atoms with E-state index >= 15 is 0 Å². The highest BCUT2D eigenvalue weighted by Gasteiger charge is 2.25. The van der Waals surface area contributed by atoms with Gasteiger partial charge in [-0.1, -0.05) is 6.08 Å². The molecule has 1 unspecified atom stereocenters. The Balaban J connectivity index is 4.52. The van der Waals surface area contributed by atoms with E-state index in [4.69, 9.17) is 5.11 Å². The van der Waals surface area contributed by atoms with Gasteiger partial charge in [0.2, 0.25) is 5.91 Å². The summed E-state index contributed by atoms with van der Waals surface area (Å²) in [6, 6.07) is -0.572. The van der Waals surface area contributed by atoms with Crippen molar-refractivity contribution >= 4 is 24.4 Å². The van der Waals surface area contributed by atoms with E-state index in [1.54, 1.807) is 25.1 Å². The summed E-state index contributed by atoms with van der Waals surface area (Å²) in [5.74, 6) is -1.11. The lowest BCUT2D eigenvalue weighted by Crippen LogP contribution is -2.46. The molecule has 0 heterocycles. The molecular formula is C15H24N2O5. The molecule has 0 saturated carbocycles. The average Bonchev–Trinajstić information content (AvgIpc) is 2.47. The van der Waals surface area contributed by atoms with Gasteiger partial charge in [0.05, 0.1) is 6.04 Å². The summed E-state index contributed by atoms with van der Waals surface area (Å²) in [5, 5.41) is 8.60. The zero-order valence-corrected chi connectivity index (χ0v) is 13.1. The van der Waals surface area contributed by atoms with Crippen LogP contribution in [0.2, 0.25) is 0 Å². The number of carboxylic acid groups (broad SMARTS) is 1. The topological polar surface area (TPSA) is 95.0 Å². The van der Waals surface area contributed by atoms with Crippen LogP contribution in [0.5, 0.6) is 0 Å². The molecule has 0 aliphatic heterocycles. The lowest BCUT2D eigenvalue weighted by molar-refractivity contribution is -0.139. The van der Waals surface area contributed by atoms with E-state index in [9.17, 15) is 19.2 Å². The molecule has 7 nitrogen and oxygen atoms in total. The second kappa shape index (κ2) is 11.6. The van der Waals surface area contributed by atoms with Crippen molar-refractivity contribution in [1.29, 1.82) is 0 Å². The van der Waals surface area contributed by atoms with Crippen LogP contribution in [0.3, 0.4) is 0 Å². The van der Waals surface area contributed by atoms with Gasteiger partial charge in [-0.15, -0.1) is 0 Å². The molecule has 0 aromatic heterocycles. The third-order valence-electron chi connectivity index (χ3n) is 3.26. The maximum atomic E-state index is 12.3. The summed E-state index contributed by atoms with van der Waals surface area (Å²) < 4.78 is 0. The number of allylic oxidation sites excluding steroid dienone is 1. The summed E-state index contributed by atoms with van der Waals surface area (Å²) in [7, 11) is 3.34. The zero-order chi connectivity index (χ0) is 17.0. The molecule has 124 valence electrons. The fourth-order valence-corrected chi connectivity index (χ4v) is 1.98. The number of rotatable bonds is 12. The van der Waals surface area contributed by atoms with Crippen LogP contribution in [0, 0.1) is 0 Å². The summed E-state index contributed by atoms with van der Waals surface area (Å²) >= 11 is 0. The first kappa shape index (κ1) is 20.0. The fraction of sp³-hybridized carbons (Fsp3) is 0.600. The minimum Gasteiger partial charge on any atom is -0.481 e. The highest BCUT2D eigenvalue weighted by molar-refractivity contribution is 5.84. The third kappa shape index (κ3) is 8.31. The van der Waals surface area contributed by atoms with E-state index in [0.29, 0.717) is 38.5 Å². The number of carbonyl (C=O) groups is 4. The first-order valence-electron chi connectivity index (χ1n) is 7.15. The minimum atomic E-state index is -0.899. The Morgan fingerprint density at radius 3 is 2.41 bits per heavy atom. The molecule has 1 amide bonds. The molecule has 0 aliphatic rings. The number of aldehydes is 2. The summed E-state index contributed by atoms with van der Waals surface area (Å²) in [5.41, 5.74) is 0. The Kier molecular flexibility index (Phi) is 10.6. The summed E-state index contributed by atoms with van der Waals surface area (Å²) in [6.45, 7) is 0.872. The zero-order valence-electron chi connectivity index (χ0n) is 13.1. The highest BCUT2D eigenvalue weighted by atomic mass is 16.4. The Morgan fingerprint density at radius 1 is 1.18 bits per heavy atom. The maximum absolute atomic E-state index is 12.3. The predicted octanol–water partition coefficient (Wildman–Crippen LogP) is 0.344. The number of hydrogen-bond donors (Lipinski definition) is 1. The van der Waals surface area contributed by atoms with E-state index < -0.39 is 12.0 Å². The van der Waals surface area contributed by atoms with Crippen molar-refractivity contribution in [3.8, 4) is 0 Å². The van der Waals surface area contributed by atoms with Crippen LogP contribution in [0.4, 0.5) is 0 Å². The number of hydrogen-bond acceptors (Lipinski definition) is 5. The standard InChI is InChI=1S/C15H24N2O5/c1-16(9-4-3-5-11-18)13(8-12-19)15(22)17(2)10-6-7-14(20)21/h3,5,11-13H,4,6-10H2,1-2H3,(H,20,21)/b5-3-. The van der Waals surface area contributed by atoms with Gasteiger partial charge in [-0.25, -0.2) is 0 Å². The van der Waals surface area contributed by atoms with Gasteiger partial charge < -0.3 is 14.8 Å². The maximum Gasteiger partial charge on any atom is 0.303 e. The molecule has 0 radical (unpaired) electrons. The highest BCUT2D eigenvalue weighted by Crippen LogP contribution is 2.07. The van der Waals surface area contributed by atoms with Gasteiger partial charge in [0.1, 0.15) is 12.6 Å². The molecule has 22 heavy (non-hydrogen) atoms. The lowest BCUT2D eigenvalue weighted by Gasteiger charge is -2.29. The molecule has 0 aromatic carbocycles. The third-order valence-corrected chi connectivity index (χ3v) is 3.26. The van der Waals surface area contributed by atoms with Crippen LogP contribution in [-0.4, -0.2) is 72.6 Å². The average molecular weight is 312 g/mol. The van der Waals surface area contributed by atoms with E-state index in [-0.39, 0.29) is 18.7 Å². The Bertz CT molecular complexity index is 409.